The third-order valence-electron chi connectivity index (χ3n) is 3.91. The molecule has 140 valence electrons. The zero-order chi connectivity index (χ0) is 19.0. The molecule has 0 aromatic heterocycles. The van der Waals surface area contributed by atoms with Gasteiger partial charge in [0.1, 0.15) is 0 Å². The van der Waals surface area contributed by atoms with E-state index in [0.717, 1.165) is 31.2 Å². The fourth-order valence-corrected chi connectivity index (χ4v) is 3.47. The summed E-state index contributed by atoms with van der Waals surface area (Å²) >= 11 is 0. The van der Waals surface area contributed by atoms with Crippen molar-refractivity contribution in [3.05, 3.63) is 59.7 Å². The molecule has 0 aliphatic carbocycles. The Morgan fingerprint density at radius 1 is 1.04 bits per heavy atom. The van der Waals surface area contributed by atoms with Gasteiger partial charge in [-0.1, -0.05) is 49.9 Å². The molecule has 0 saturated heterocycles. The van der Waals surface area contributed by atoms with Crippen molar-refractivity contribution in [1.82, 2.24) is 0 Å². The van der Waals surface area contributed by atoms with E-state index in [9.17, 15) is 13.2 Å². The summed E-state index contributed by atoms with van der Waals surface area (Å²) in [5.74, 6) is -0.446. The van der Waals surface area contributed by atoms with Gasteiger partial charge in [0, 0.05) is 5.69 Å². The molecule has 0 unspecified atom stereocenters. The molecule has 1 N–H and O–H groups in total. The predicted molar refractivity (Wildman–Crippen MR) is 103 cm³/mol. The average molecular weight is 375 g/mol. The second-order valence-electron chi connectivity index (χ2n) is 6.20. The van der Waals surface area contributed by atoms with Gasteiger partial charge in [-0.25, -0.2) is 13.2 Å². The molecule has 0 spiro atoms. The van der Waals surface area contributed by atoms with Crippen LogP contribution >= 0.6 is 0 Å². The first-order chi connectivity index (χ1) is 12.4. The lowest BCUT2D eigenvalue weighted by Gasteiger charge is -2.10. The van der Waals surface area contributed by atoms with E-state index in [1.54, 1.807) is 42.5 Å². The third kappa shape index (κ3) is 5.88. The van der Waals surface area contributed by atoms with Crippen molar-refractivity contribution in [2.45, 2.75) is 44.4 Å². The Morgan fingerprint density at radius 3 is 2.46 bits per heavy atom. The average Bonchev–Trinajstić information content (AvgIpc) is 2.61. The number of benzene rings is 2. The maximum absolute atomic E-state index is 12.4. The van der Waals surface area contributed by atoms with E-state index in [1.807, 2.05) is 6.92 Å². The molecule has 5 nitrogen and oxygen atoms in total. The largest absolute Gasteiger partial charge is 0.462 e. The smallest absolute Gasteiger partial charge is 0.338 e. The van der Waals surface area contributed by atoms with Gasteiger partial charge in [-0.15, -0.1) is 0 Å². The van der Waals surface area contributed by atoms with Gasteiger partial charge in [0.2, 0.25) is 0 Å². The minimum Gasteiger partial charge on any atom is -0.462 e. The molecule has 0 amide bonds. The van der Waals surface area contributed by atoms with E-state index >= 15 is 0 Å². The summed E-state index contributed by atoms with van der Waals surface area (Å²) in [4.78, 5) is 12.3. The molecular weight excluding hydrogens is 350 g/mol. The van der Waals surface area contributed by atoms with E-state index in [0.29, 0.717) is 17.9 Å². The molecule has 0 atom stereocenters. The van der Waals surface area contributed by atoms with E-state index < -0.39 is 16.0 Å². The highest BCUT2D eigenvalue weighted by molar-refractivity contribution is 7.92. The topological polar surface area (TPSA) is 72.5 Å². The first kappa shape index (κ1) is 20.0. The van der Waals surface area contributed by atoms with Crippen LogP contribution in [0.2, 0.25) is 0 Å². The molecule has 0 heterocycles. The third-order valence-corrected chi connectivity index (χ3v) is 5.31. The molecule has 2 aromatic carbocycles. The van der Waals surface area contributed by atoms with Gasteiger partial charge >= 0.3 is 5.97 Å². The lowest BCUT2D eigenvalue weighted by atomic mass is 10.2. The van der Waals surface area contributed by atoms with Crippen LogP contribution in [0.1, 0.15) is 48.5 Å². The summed E-state index contributed by atoms with van der Waals surface area (Å²) < 4.78 is 32.6. The van der Waals surface area contributed by atoms with Gasteiger partial charge in [0.15, 0.2) is 0 Å². The molecule has 0 saturated carbocycles. The van der Waals surface area contributed by atoms with E-state index in [-0.39, 0.29) is 4.90 Å². The van der Waals surface area contributed by atoms with Crippen LogP contribution in [0, 0.1) is 6.92 Å². The quantitative estimate of drug-likeness (QED) is 0.516. The number of sulfonamides is 1. The maximum Gasteiger partial charge on any atom is 0.338 e. The van der Waals surface area contributed by atoms with Gasteiger partial charge in [0.25, 0.3) is 10.0 Å². The Bertz CT molecular complexity index is 829. The molecular formula is C20H25NO4S. The van der Waals surface area contributed by atoms with Crippen LogP contribution in [-0.4, -0.2) is 21.0 Å². The zero-order valence-corrected chi connectivity index (χ0v) is 16.0. The fourth-order valence-electron chi connectivity index (χ4n) is 2.42. The van der Waals surface area contributed by atoms with Crippen LogP contribution in [0.15, 0.2) is 53.4 Å². The molecule has 6 heteroatoms. The molecule has 0 bridgehead atoms. The molecule has 0 aliphatic heterocycles. The number of carbonyl (C=O) groups excluding carboxylic acids is 1. The van der Waals surface area contributed by atoms with Crippen LogP contribution in [0.25, 0.3) is 0 Å². The molecule has 26 heavy (non-hydrogen) atoms. The summed E-state index contributed by atoms with van der Waals surface area (Å²) in [5.41, 5.74) is 1.63. The monoisotopic (exact) mass is 375 g/mol. The summed E-state index contributed by atoms with van der Waals surface area (Å²) in [6.45, 7) is 4.38. The van der Waals surface area contributed by atoms with Crippen molar-refractivity contribution in [3.63, 3.8) is 0 Å². The lowest BCUT2D eigenvalue weighted by molar-refractivity contribution is 0.0498. The van der Waals surface area contributed by atoms with Crippen LogP contribution in [0.4, 0.5) is 5.69 Å². The highest BCUT2D eigenvalue weighted by atomic mass is 32.2. The van der Waals surface area contributed by atoms with Crippen LogP contribution in [0.3, 0.4) is 0 Å². The number of hydrogen-bond acceptors (Lipinski definition) is 4. The Kier molecular flexibility index (Phi) is 7.21. The van der Waals surface area contributed by atoms with Crippen LogP contribution in [-0.2, 0) is 14.8 Å². The number of ether oxygens (including phenoxy) is 1. The van der Waals surface area contributed by atoms with Crippen LogP contribution in [0.5, 0.6) is 0 Å². The molecule has 0 fully saturated rings. The van der Waals surface area contributed by atoms with Gasteiger partial charge in [0.05, 0.1) is 17.1 Å². The van der Waals surface area contributed by atoms with Gasteiger partial charge < -0.3 is 4.74 Å². The fraction of sp³-hybridized carbons (Fsp3) is 0.350. The molecule has 2 rings (SSSR count). The minimum absolute atomic E-state index is 0.173. The Labute approximate surface area is 155 Å². The zero-order valence-electron chi connectivity index (χ0n) is 15.2. The highest BCUT2D eigenvalue weighted by Gasteiger charge is 2.15. The first-order valence-electron chi connectivity index (χ1n) is 8.79. The normalized spacial score (nSPS) is 11.2. The second-order valence-corrected chi connectivity index (χ2v) is 7.88. The van der Waals surface area contributed by atoms with E-state index in [2.05, 4.69) is 11.6 Å². The number of hydrogen-bond donors (Lipinski definition) is 1. The van der Waals surface area contributed by atoms with Crippen LogP contribution < -0.4 is 4.72 Å². The first-order valence-corrected chi connectivity index (χ1v) is 10.3. The summed E-state index contributed by atoms with van der Waals surface area (Å²) in [6.07, 6.45) is 4.10. The standard InChI is InChI=1S/C20H25NO4S/c1-3-4-5-6-14-25-20(22)17-8-7-9-18(15-17)21-26(23,24)19-12-10-16(2)11-13-19/h7-13,15,21H,3-6,14H2,1-2H3. The van der Waals surface area contributed by atoms with Crippen molar-refractivity contribution in [3.8, 4) is 0 Å². The number of nitrogens with one attached hydrogen (secondary N) is 1. The van der Waals surface area contributed by atoms with E-state index in [1.165, 1.54) is 6.07 Å². The van der Waals surface area contributed by atoms with Gasteiger partial charge in [-0.2, -0.15) is 0 Å². The maximum atomic E-state index is 12.4. The molecule has 2 aromatic rings. The second kappa shape index (κ2) is 9.38. The van der Waals surface area contributed by atoms with E-state index in [4.69, 9.17) is 4.74 Å². The Morgan fingerprint density at radius 2 is 1.77 bits per heavy atom. The lowest BCUT2D eigenvalue weighted by Crippen LogP contribution is -2.13. The Hall–Kier alpha value is -2.34. The summed E-state index contributed by atoms with van der Waals surface area (Å²) in [5, 5.41) is 0. The predicted octanol–water partition coefficient (Wildman–Crippen LogP) is 4.53. The van der Waals surface area contributed by atoms with Crippen molar-refractivity contribution >= 4 is 21.7 Å². The van der Waals surface area contributed by atoms with Crippen molar-refractivity contribution < 1.29 is 17.9 Å². The SMILES string of the molecule is CCCCCCOC(=O)c1cccc(NS(=O)(=O)c2ccc(C)cc2)c1. The van der Waals surface area contributed by atoms with Crippen molar-refractivity contribution in [1.29, 1.82) is 0 Å². The summed E-state index contributed by atoms with van der Waals surface area (Å²) in [7, 11) is -3.70. The van der Waals surface area contributed by atoms with Crippen molar-refractivity contribution in [2.75, 3.05) is 11.3 Å². The number of unbranched alkanes of at least 4 members (excludes halogenated alkanes) is 3. The Balaban J connectivity index is 2.02. The summed E-state index contributed by atoms with van der Waals surface area (Å²) in [6, 6.07) is 12.9. The number of esters is 1. The van der Waals surface area contributed by atoms with Crippen molar-refractivity contribution in [2.24, 2.45) is 0 Å². The van der Waals surface area contributed by atoms with Gasteiger partial charge in [-0.3, -0.25) is 4.72 Å². The number of aryl methyl sites for hydroxylation is 1. The van der Waals surface area contributed by atoms with Gasteiger partial charge in [-0.05, 0) is 43.7 Å². The molecule has 0 aliphatic rings. The minimum atomic E-state index is -3.70. The number of carbonyl (C=O) groups is 1. The number of anilines is 1. The molecule has 0 radical (unpaired) electrons. The highest BCUT2D eigenvalue weighted by Crippen LogP contribution is 2.18. The number of rotatable bonds is 9.